The first-order chi connectivity index (χ1) is 14.6. The Labute approximate surface area is 178 Å². The Kier molecular flexibility index (Phi) is 5.05. The number of likely N-dealkylation sites (N-methyl/N-ethyl adjacent to an activating group) is 1. The molecule has 0 bridgehead atoms. The van der Waals surface area contributed by atoms with Crippen LogP contribution >= 0.6 is 0 Å². The molecule has 2 aromatic rings. The van der Waals surface area contributed by atoms with Crippen LogP contribution < -0.4 is 0 Å². The fourth-order valence-electron chi connectivity index (χ4n) is 6.02. The van der Waals surface area contributed by atoms with Crippen LogP contribution in [0.4, 0.5) is 0 Å². The molecule has 0 saturated carbocycles. The lowest BCUT2D eigenvalue weighted by Crippen LogP contribution is -2.61. The van der Waals surface area contributed by atoms with Crippen LogP contribution in [-0.4, -0.2) is 77.3 Å². The summed E-state index contributed by atoms with van der Waals surface area (Å²) in [4.78, 5) is 36.1. The lowest BCUT2D eigenvalue weighted by Gasteiger charge is -2.52. The highest BCUT2D eigenvalue weighted by molar-refractivity contribution is 5.98. The van der Waals surface area contributed by atoms with Crippen molar-refractivity contribution in [2.75, 3.05) is 39.8 Å². The van der Waals surface area contributed by atoms with E-state index in [2.05, 4.69) is 21.8 Å². The molecule has 1 N–H and O–H groups in total. The van der Waals surface area contributed by atoms with Crippen molar-refractivity contribution in [2.24, 2.45) is 5.41 Å². The SMILES string of the molecule is CN1CCCC2(CCN(C(=O)c3ccc4cc[nH]c4c3)CC2)C1C(=O)N1CCCC1. The minimum absolute atomic E-state index is 0.00681. The summed E-state index contributed by atoms with van der Waals surface area (Å²) in [6, 6.07) is 7.88. The molecule has 3 aliphatic rings. The summed E-state index contributed by atoms with van der Waals surface area (Å²) in [6.45, 7) is 4.28. The first-order valence-corrected chi connectivity index (χ1v) is 11.4. The topological polar surface area (TPSA) is 59.7 Å². The Hall–Kier alpha value is -2.34. The highest BCUT2D eigenvalue weighted by Gasteiger charge is 2.50. The third-order valence-electron chi connectivity index (χ3n) is 7.71. The summed E-state index contributed by atoms with van der Waals surface area (Å²) in [5, 5.41) is 1.12. The molecule has 30 heavy (non-hydrogen) atoms. The van der Waals surface area contributed by atoms with Crippen LogP contribution in [0.15, 0.2) is 30.5 Å². The summed E-state index contributed by atoms with van der Waals surface area (Å²) in [7, 11) is 2.11. The smallest absolute Gasteiger partial charge is 0.253 e. The second kappa shape index (κ2) is 7.73. The number of carbonyl (C=O) groups excluding carboxylic acids is 2. The minimum Gasteiger partial charge on any atom is -0.361 e. The van der Waals surface area contributed by atoms with E-state index in [9.17, 15) is 9.59 Å². The van der Waals surface area contributed by atoms with Gasteiger partial charge in [-0.3, -0.25) is 14.5 Å². The average molecular weight is 409 g/mol. The van der Waals surface area contributed by atoms with E-state index in [1.165, 1.54) is 0 Å². The normalized spacial score (nSPS) is 24.6. The number of piperidine rings is 2. The van der Waals surface area contributed by atoms with Crippen molar-refractivity contribution in [1.29, 1.82) is 0 Å². The number of hydrogen-bond acceptors (Lipinski definition) is 3. The number of hydrogen-bond donors (Lipinski definition) is 1. The van der Waals surface area contributed by atoms with E-state index in [4.69, 9.17) is 0 Å². The maximum absolute atomic E-state index is 13.4. The van der Waals surface area contributed by atoms with Crippen LogP contribution in [0.1, 0.15) is 48.9 Å². The van der Waals surface area contributed by atoms with Gasteiger partial charge < -0.3 is 14.8 Å². The quantitative estimate of drug-likeness (QED) is 0.831. The van der Waals surface area contributed by atoms with E-state index in [0.29, 0.717) is 5.91 Å². The Morgan fingerprint density at radius 3 is 2.47 bits per heavy atom. The van der Waals surface area contributed by atoms with Gasteiger partial charge in [-0.1, -0.05) is 6.07 Å². The summed E-state index contributed by atoms with van der Waals surface area (Å²) in [5.74, 6) is 0.430. The molecule has 1 aromatic heterocycles. The van der Waals surface area contributed by atoms with Crippen molar-refractivity contribution >= 4 is 22.7 Å². The molecule has 6 heteroatoms. The number of benzene rings is 1. The van der Waals surface area contributed by atoms with Gasteiger partial charge in [0.25, 0.3) is 5.91 Å². The summed E-state index contributed by atoms with van der Waals surface area (Å²) >= 11 is 0. The van der Waals surface area contributed by atoms with Gasteiger partial charge in [0.15, 0.2) is 0 Å². The second-order valence-electron chi connectivity index (χ2n) is 9.45. The number of nitrogens with one attached hydrogen (secondary N) is 1. The van der Waals surface area contributed by atoms with Gasteiger partial charge in [-0.05, 0) is 81.1 Å². The van der Waals surface area contributed by atoms with Crippen molar-refractivity contribution in [1.82, 2.24) is 19.7 Å². The van der Waals surface area contributed by atoms with E-state index in [-0.39, 0.29) is 17.4 Å². The number of amides is 2. The van der Waals surface area contributed by atoms with E-state index in [1.54, 1.807) is 0 Å². The van der Waals surface area contributed by atoms with Crippen LogP contribution in [0.3, 0.4) is 0 Å². The van der Waals surface area contributed by atoms with Crippen LogP contribution in [-0.2, 0) is 4.79 Å². The molecular weight excluding hydrogens is 376 g/mol. The standard InChI is InChI=1S/C24H32N4O2/c1-26-12-4-8-24(21(26)23(30)27-13-2-3-14-27)9-15-28(16-10-24)22(29)19-6-5-18-7-11-25-20(18)17-19/h5-7,11,17,21,25H,2-4,8-10,12-16H2,1H3. The second-order valence-corrected chi connectivity index (χ2v) is 9.45. The Bertz CT molecular complexity index is 938. The molecule has 1 unspecified atom stereocenters. The number of nitrogens with zero attached hydrogens (tertiary/aromatic N) is 3. The fraction of sp³-hybridized carbons (Fsp3) is 0.583. The van der Waals surface area contributed by atoms with E-state index in [0.717, 1.165) is 87.7 Å². The van der Waals surface area contributed by atoms with Gasteiger partial charge >= 0.3 is 0 Å². The van der Waals surface area contributed by atoms with Gasteiger partial charge in [0.2, 0.25) is 5.91 Å². The summed E-state index contributed by atoms with van der Waals surface area (Å²) in [5.41, 5.74) is 1.75. The predicted octanol–water partition coefficient (Wildman–Crippen LogP) is 3.11. The third kappa shape index (κ3) is 3.31. The van der Waals surface area contributed by atoms with E-state index in [1.807, 2.05) is 35.4 Å². The number of aromatic amines is 1. The molecule has 160 valence electrons. The molecule has 2 amide bonds. The molecule has 3 aliphatic heterocycles. The van der Waals surface area contributed by atoms with Crippen LogP contribution in [0.25, 0.3) is 10.9 Å². The van der Waals surface area contributed by atoms with Crippen LogP contribution in [0.5, 0.6) is 0 Å². The average Bonchev–Trinajstić information content (AvgIpc) is 3.45. The van der Waals surface area contributed by atoms with Crippen molar-refractivity contribution in [2.45, 2.75) is 44.6 Å². The zero-order valence-electron chi connectivity index (χ0n) is 17.9. The van der Waals surface area contributed by atoms with Gasteiger partial charge in [0.1, 0.15) is 0 Å². The maximum Gasteiger partial charge on any atom is 0.253 e. The lowest BCUT2D eigenvalue weighted by atomic mass is 9.66. The number of likely N-dealkylation sites (tertiary alicyclic amines) is 3. The highest BCUT2D eigenvalue weighted by atomic mass is 16.2. The molecule has 0 aliphatic carbocycles. The monoisotopic (exact) mass is 408 g/mol. The maximum atomic E-state index is 13.4. The van der Waals surface area contributed by atoms with Crippen molar-refractivity contribution in [3.63, 3.8) is 0 Å². The first kappa shape index (κ1) is 19.6. The largest absolute Gasteiger partial charge is 0.361 e. The van der Waals surface area contributed by atoms with E-state index < -0.39 is 0 Å². The molecule has 6 nitrogen and oxygen atoms in total. The van der Waals surface area contributed by atoms with Gasteiger partial charge in [0.05, 0.1) is 6.04 Å². The Morgan fingerprint density at radius 1 is 0.933 bits per heavy atom. The van der Waals surface area contributed by atoms with Gasteiger partial charge in [-0.25, -0.2) is 0 Å². The zero-order chi connectivity index (χ0) is 20.7. The van der Waals surface area contributed by atoms with Gasteiger partial charge in [0, 0.05) is 43.5 Å². The van der Waals surface area contributed by atoms with Crippen LogP contribution in [0, 0.1) is 5.41 Å². The molecule has 0 radical (unpaired) electrons. The number of aromatic nitrogens is 1. The highest BCUT2D eigenvalue weighted by Crippen LogP contribution is 2.45. The molecule has 4 heterocycles. The first-order valence-electron chi connectivity index (χ1n) is 11.4. The van der Waals surface area contributed by atoms with Crippen LogP contribution in [0.2, 0.25) is 0 Å². The van der Waals surface area contributed by atoms with Crippen molar-refractivity contribution in [3.05, 3.63) is 36.0 Å². The molecule has 3 fully saturated rings. The predicted molar refractivity (Wildman–Crippen MR) is 117 cm³/mol. The van der Waals surface area contributed by atoms with Crippen molar-refractivity contribution < 1.29 is 9.59 Å². The molecule has 1 atom stereocenters. The van der Waals surface area contributed by atoms with Gasteiger partial charge in [-0.15, -0.1) is 0 Å². The number of carbonyl (C=O) groups is 2. The number of rotatable bonds is 2. The van der Waals surface area contributed by atoms with Gasteiger partial charge in [-0.2, -0.15) is 0 Å². The molecule has 5 rings (SSSR count). The molecular formula is C24H32N4O2. The van der Waals surface area contributed by atoms with Crippen molar-refractivity contribution in [3.8, 4) is 0 Å². The molecule has 1 spiro atoms. The third-order valence-corrected chi connectivity index (χ3v) is 7.71. The number of H-pyrrole nitrogens is 1. The Balaban J connectivity index is 1.32. The van der Waals surface area contributed by atoms with E-state index >= 15 is 0 Å². The minimum atomic E-state index is -0.0307. The Morgan fingerprint density at radius 2 is 1.70 bits per heavy atom. The molecule has 1 aromatic carbocycles. The fourth-order valence-corrected chi connectivity index (χ4v) is 6.02. The summed E-state index contributed by atoms with van der Waals surface area (Å²) < 4.78 is 0. The molecule has 3 saturated heterocycles. The lowest BCUT2D eigenvalue weighted by molar-refractivity contribution is -0.145. The summed E-state index contributed by atoms with van der Waals surface area (Å²) in [6.07, 6.45) is 8.22. The number of fused-ring (bicyclic) bond motifs is 1. The zero-order valence-corrected chi connectivity index (χ0v) is 17.9.